The first-order valence-electron chi connectivity index (χ1n) is 14.3. The average molecular weight is 457 g/mol. The highest BCUT2D eigenvalue weighted by molar-refractivity contribution is 5.56. The zero-order valence-electron chi connectivity index (χ0n) is 24.0. The molecule has 0 aliphatic carbocycles. The van der Waals surface area contributed by atoms with Gasteiger partial charge in [0.15, 0.2) is 0 Å². The second-order valence-electron chi connectivity index (χ2n) is 12.7. The molecule has 1 aromatic carbocycles. The molecule has 1 nitrogen and oxygen atoms in total. The highest BCUT2D eigenvalue weighted by Gasteiger charge is 2.34. The number of fused-ring (bicyclic) bond motifs is 1. The first-order valence-corrected chi connectivity index (χ1v) is 14.3. The van der Waals surface area contributed by atoms with Crippen molar-refractivity contribution in [2.75, 3.05) is 0 Å². The maximum Gasteiger partial charge on any atom is 0.126 e. The minimum absolute atomic E-state index is 0.000631. The quantitative estimate of drug-likeness (QED) is 0.287. The Morgan fingerprint density at radius 3 is 1.82 bits per heavy atom. The summed E-state index contributed by atoms with van der Waals surface area (Å²) in [4.78, 5) is 0. The Morgan fingerprint density at radius 1 is 0.727 bits per heavy atom. The Labute approximate surface area is 207 Å². The molecule has 0 radical (unpaired) electrons. The van der Waals surface area contributed by atoms with Crippen molar-refractivity contribution in [2.24, 2.45) is 17.8 Å². The molecular weight excluding hydrogens is 400 g/mol. The van der Waals surface area contributed by atoms with Crippen LogP contribution in [0.2, 0.25) is 0 Å². The number of ether oxygens (including phenoxy) is 1. The molecule has 190 valence electrons. The first kappa shape index (κ1) is 28.3. The van der Waals surface area contributed by atoms with Crippen LogP contribution in [0.25, 0.3) is 0 Å². The maximum absolute atomic E-state index is 6.80. The Balaban J connectivity index is 1.80. The van der Waals surface area contributed by atoms with Gasteiger partial charge < -0.3 is 4.74 Å². The molecule has 3 unspecified atom stereocenters. The van der Waals surface area contributed by atoms with Crippen LogP contribution in [0.15, 0.2) is 0 Å². The van der Waals surface area contributed by atoms with E-state index in [4.69, 9.17) is 4.74 Å². The van der Waals surface area contributed by atoms with Crippen LogP contribution >= 0.6 is 0 Å². The molecule has 3 atom stereocenters. The SMILES string of the molecule is Cc1c(C)c(C(C)C)c(C)c2c1OC(C)(CCCC(C)CCCC(C)CCCC(C)C)CC2. The lowest BCUT2D eigenvalue weighted by Crippen LogP contribution is -2.37. The van der Waals surface area contributed by atoms with Gasteiger partial charge in [-0.1, -0.05) is 86.5 Å². The van der Waals surface area contributed by atoms with E-state index in [2.05, 4.69) is 69.2 Å². The van der Waals surface area contributed by atoms with E-state index in [0.717, 1.165) is 24.2 Å². The van der Waals surface area contributed by atoms with Crippen LogP contribution in [0.4, 0.5) is 0 Å². The molecule has 0 fully saturated rings. The van der Waals surface area contributed by atoms with Crippen LogP contribution in [-0.2, 0) is 6.42 Å². The van der Waals surface area contributed by atoms with Crippen molar-refractivity contribution in [2.45, 2.75) is 151 Å². The highest BCUT2D eigenvalue weighted by Crippen LogP contribution is 2.44. The minimum atomic E-state index is 0.000631. The number of rotatable bonds is 13. The largest absolute Gasteiger partial charge is 0.487 e. The fourth-order valence-electron chi connectivity index (χ4n) is 6.18. The molecule has 1 aliphatic rings. The normalized spacial score (nSPS) is 20.1. The predicted octanol–water partition coefficient (Wildman–Crippen LogP) is 10.3. The summed E-state index contributed by atoms with van der Waals surface area (Å²) in [5.41, 5.74) is 7.33. The van der Waals surface area contributed by atoms with Gasteiger partial charge in [0.25, 0.3) is 0 Å². The van der Waals surface area contributed by atoms with E-state index in [1.54, 1.807) is 5.56 Å². The summed E-state index contributed by atoms with van der Waals surface area (Å²) >= 11 is 0. The molecule has 2 rings (SSSR count). The Bertz CT molecular complexity index is 744. The average Bonchev–Trinajstić information content (AvgIpc) is 2.71. The summed E-state index contributed by atoms with van der Waals surface area (Å²) < 4.78 is 6.80. The second-order valence-corrected chi connectivity index (χ2v) is 12.7. The number of hydrogen-bond donors (Lipinski definition) is 0. The summed E-state index contributed by atoms with van der Waals surface area (Å²) in [7, 11) is 0. The molecule has 0 saturated carbocycles. The molecule has 0 saturated heterocycles. The molecule has 1 heterocycles. The maximum atomic E-state index is 6.80. The standard InChI is InChI=1S/C32H56O/c1-22(2)14-11-15-24(5)16-12-17-25(6)18-13-20-32(10)21-19-29-28(9)30(23(3)4)26(7)27(8)31(29)33-32/h22-25H,11-21H2,1-10H3. The van der Waals surface area contributed by atoms with Crippen molar-refractivity contribution >= 4 is 0 Å². The molecule has 0 spiro atoms. The summed E-state index contributed by atoms with van der Waals surface area (Å²) in [5, 5.41) is 0. The lowest BCUT2D eigenvalue weighted by molar-refractivity contribution is 0.0513. The lowest BCUT2D eigenvalue weighted by atomic mass is 9.80. The molecular formula is C32H56O. The van der Waals surface area contributed by atoms with Gasteiger partial charge in [-0.15, -0.1) is 0 Å². The highest BCUT2D eigenvalue weighted by atomic mass is 16.5. The van der Waals surface area contributed by atoms with Gasteiger partial charge in [-0.3, -0.25) is 0 Å². The number of hydrogen-bond acceptors (Lipinski definition) is 1. The van der Waals surface area contributed by atoms with Crippen molar-refractivity contribution in [3.05, 3.63) is 27.8 Å². The Morgan fingerprint density at radius 2 is 1.27 bits per heavy atom. The topological polar surface area (TPSA) is 9.23 Å². The van der Waals surface area contributed by atoms with Gasteiger partial charge in [0.05, 0.1) is 0 Å². The summed E-state index contributed by atoms with van der Waals surface area (Å²) in [6, 6.07) is 0. The van der Waals surface area contributed by atoms with Crippen LogP contribution in [0.1, 0.15) is 146 Å². The molecule has 1 aliphatic heterocycles. The van der Waals surface area contributed by atoms with Crippen LogP contribution in [0.5, 0.6) is 5.75 Å². The van der Waals surface area contributed by atoms with Crippen molar-refractivity contribution in [1.82, 2.24) is 0 Å². The molecule has 1 aromatic rings. The molecule has 0 amide bonds. The summed E-state index contributed by atoms with van der Waals surface area (Å²) in [5.74, 6) is 4.38. The van der Waals surface area contributed by atoms with Crippen molar-refractivity contribution < 1.29 is 4.74 Å². The first-order chi connectivity index (χ1) is 15.4. The molecule has 33 heavy (non-hydrogen) atoms. The van der Waals surface area contributed by atoms with Gasteiger partial charge in [0.2, 0.25) is 0 Å². The van der Waals surface area contributed by atoms with Gasteiger partial charge in [-0.05, 0) is 105 Å². The smallest absolute Gasteiger partial charge is 0.126 e. The summed E-state index contributed by atoms with van der Waals surface area (Å²) in [6.45, 7) is 23.5. The molecule has 0 bridgehead atoms. The molecule has 1 heteroatoms. The monoisotopic (exact) mass is 456 g/mol. The predicted molar refractivity (Wildman–Crippen MR) is 147 cm³/mol. The Hall–Kier alpha value is -0.980. The zero-order chi connectivity index (χ0) is 24.8. The van der Waals surface area contributed by atoms with E-state index in [1.165, 1.54) is 92.2 Å². The third-order valence-electron chi connectivity index (χ3n) is 8.54. The third kappa shape index (κ3) is 8.03. The Kier molecular flexibility index (Phi) is 10.8. The second kappa shape index (κ2) is 12.6. The fraction of sp³-hybridized carbons (Fsp3) is 0.812. The van der Waals surface area contributed by atoms with Gasteiger partial charge in [0.1, 0.15) is 11.4 Å². The van der Waals surface area contributed by atoms with Gasteiger partial charge in [0, 0.05) is 0 Å². The fourth-order valence-corrected chi connectivity index (χ4v) is 6.18. The third-order valence-corrected chi connectivity index (χ3v) is 8.54. The van der Waals surface area contributed by atoms with E-state index in [0.29, 0.717) is 5.92 Å². The van der Waals surface area contributed by atoms with Gasteiger partial charge in [-0.2, -0.15) is 0 Å². The molecule has 0 aromatic heterocycles. The van der Waals surface area contributed by atoms with E-state index >= 15 is 0 Å². The molecule has 0 N–H and O–H groups in total. The zero-order valence-corrected chi connectivity index (χ0v) is 24.0. The van der Waals surface area contributed by atoms with Gasteiger partial charge in [-0.25, -0.2) is 0 Å². The van der Waals surface area contributed by atoms with Crippen LogP contribution in [0.3, 0.4) is 0 Å². The lowest BCUT2D eigenvalue weighted by Gasteiger charge is -2.39. The van der Waals surface area contributed by atoms with Gasteiger partial charge >= 0.3 is 0 Å². The van der Waals surface area contributed by atoms with E-state index in [9.17, 15) is 0 Å². The van der Waals surface area contributed by atoms with Crippen LogP contribution in [0, 0.1) is 38.5 Å². The van der Waals surface area contributed by atoms with Crippen LogP contribution in [-0.4, -0.2) is 5.60 Å². The number of benzene rings is 1. The van der Waals surface area contributed by atoms with Crippen LogP contribution < -0.4 is 4.74 Å². The minimum Gasteiger partial charge on any atom is -0.487 e. The van der Waals surface area contributed by atoms with Crippen molar-refractivity contribution in [3.63, 3.8) is 0 Å². The van der Waals surface area contributed by atoms with E-state index in [-0.39, 0.29) is 5.60 Å². The van der Waals surface area contributed by atoms with E-state index in [1.807, 2.05) is 0 Å². The summed E-state index contributed by atoms with van der Waals surface area (Å²) in [6.07, 6.45) is 14.6. The van der Waals surface area contributed by atoms with Crippen molar-refractivity contribution in [3.8, 4) is 5.75 Å². The van der Waals surface area contributed by atoms with E-state index < -0.39 is 0 Å². The van der Waals surface area contributed by atoms with Crippen molar-refractivity contribution in [1.29, 1.82) is 0 Å².